The maximum atomic E-state index is 12.6. The molecule has 31 heavy (non-hydrogen) atoms. The van der Waals surface area contributed by atoms with E-state index in [1.807, 2.05) is 6.07 Å². The second-order valence-corrected chi connectivity index (χ2v) is 7.55. The van der Waals surface area contributed by atoms with Gasteiger partial charge >= 0.3 is 0 Å². The molecule has 8 nitrogen and oxygen atoms in total. The first-order chi connectivity index (χ1) is 14.8. The van der Waals surface area contributed by atoms with E-state index in [4.69, 9.17) is 21.1 Å². The highest BCUT2D eigenvalue weighted by molar-refractivity contribution is 6.31. The number of likely N-dealkylation sites (N-methyl/N-ethyl adjacent to an activating group) is 1. The third-order valence-electron chi connectivity index (χ3n) is 4.87. The van der Waals surface area contributed by atoms with Gasteiger partial charge in [0.15, 0.2) is 6.10 Å². The van der Waals surface area contributed by atoms with Crippen molar-refractivity contribution in [3.05, 3.63) is 47.5 Å². The zero-order valence-electron chi connectivity index (χ0n) is 17.6. The Kier molecular flexibility index (Phi) is 7.02. The lowest BCUT2D eigenvalue weighted by molar-refractivity contribution is -0.133. The Morgan fingerprint density at radius 1 is 1.26 bits per heavy atom. The van der Waals surface area contributed by atoms with Crippen molar-refractivity contribution >= 4 is 40.7 Å². The van der Waals surface area contributed by atoms with E-state index in [0.29, 0.717) is 27.9 Å². The van der Waals surface area contributed by atoms with Crippen LogP contribution in [0.25, 0.3) is 0 Å². The summed E-state index contributed by atoms with van der Waals surface area (Å²) >= 11 is 5.97. The van der Waals surface area contributed by atoms with Gasteiger partial charge in [-0.3, -0.25) is 14.4 Å². The third kappa shape index (κ3) is 5.27. The van der Waals surface area contributed by atoms with E-state index >= 15 is 0 Å². The maximum Gasteiger partial charge on any atom is 0.267 e. The first-order valence-corrected chi connectivity index (χ1v) is 10.1. The zero-order chi connectivity index (χ0) is 22.5. The average Bonchev–Trinajstić information content (AvgIpc) is 2.74. The number of rotatable bonds is 7. The van der Waals surface area contributed by atoms with Gasteiger partial charge in [0.25, 0.3) is 5.91 Å². The highest BCUT2D eigenvalue weighted by atomic mass is 35.5. The predicted molar refractivity (Wildman–Crippen MR) is 118 cm³/mol. The highest BCUT2D eigenvalue weighted by Crippen LogP contribution is 2.33. The number of amides is 3. The lowest BCUT2D eigenvalue weighted by Gasteiger charge is -2.33. The summed E-state index contributed by atoms with van der Waals surface area (Å²) in [4.78, 5) is 40.4. The van der Waals surface area contributed by atoms with Gasteiger partial charge in [-0.05, 0) is 37.3 Å². The topological polar surface area (TPSA) is 88.2 Å². The molecule has 0 saturated heterocycles. The van der Waals surface area contributed by atoms with Gasteiger partial charge in [0.1, 0.15) is 11.5 Å². The molecule has 3 amide bonds. The molecule has 2 aromatic rings. The van der Waals surface area contributed by atoms with Crippen LogP contribution >= 0.6 is 11.6 Å². The first-order valence-electron chi connectivity index (χ1n) is 9.74. The van der Waals surface area contributed by atoms with Crippen LogP contribution in [-0.4, -0.2) is 56.0 Å². The van der Waals surface area contributed by atoms with E-state index in [2.05, 4.69) is 5.32 Å². The van der Waals surface area contributed by atoms with E-state index in [1.54, 1.807) is 48.2 Å². The van der Waals surface area contributed by atoms with Crippen LogP contribution in [0.15, 0.2) is 42.5 Å². The van der Waals surface area contributed by atoms with Gasteiger partial charge < -0.3 is 24.6 Å². The lowest BCUT2D eigenvalue weighted by atomic mass is 10.1. The van der Waals surface area contributed by atoms with E-state index in [0.717, 1.165) is 0 Å². The van der Waals surface area contributed by atoms with Crippen molar-refractivity contribution in [1.29, 1.82) is 0 Å². The third-order valence-corrected chi connectivity index (χ3v) is 5.10. The van der Waals surface area contributed by atoms with Crippen LogP contribution in [0.2, 0.25) is 5.02 Å². The summed E-state index contributed by atoms with van der Waals surface area (Å²) < 4.78 is 10.8. The molecule has 9 heteroatoms. The number of nitrogens with zero attached hydrogens (tertiary/aromatic N) is 2. The number of carbonyl (C=O) groups excluding carboxylic acids is 3. The number of para-hydroxylation sites is 2. The number of ether oxygens (including phenoxy) is 2. The molecule has 3 rings (SSSR count). The molecule has 1 aliphatic heterocycles. The quantitative estimate of drug-likeness (QED) is 0.707. The van der Waals surface area contributed by atoms with Gasteiger partial charge in [0.2, 0.25) is 11.8 Å². The van der Waals surface area contributed by atoms with Crippen LogP contribution in [0.5, 0.6) is 11.5 Å². The second kappa shape index (κ2) is 9.70. The number of nitrogens with one attached hydrogen (secondary N) is 1. The van der Waals surface area contributed by atoms with Crippen molar-refractivity contribution in [3.63, 3.8) is 0 Å². The Balaban J connectivity index is 1.58. The van der Waals surface area contributed by atoms with Crippen LogP contribution < -0.4 is 19.7 Å². The molecule has 0 radical (unpaired) electrons. The fourth-order valence-corrected chi connectivity index (χ4v) is 3.43. The molecule has 0 aliphatic carbocycles. The van der Waals surface area contributed by atoms with Crippen LogP contribution in [0, 0.1) is 0 Å². The fraction of sp³-hybridized carbons (Fsp3) is 0.318. The number of fused-ring (bicyclic) bond motifs is 1. The summed E-state index contributed by atoms with van der Waals surface area (Å²) in [6, 6.07) is 12.1. The number of hydrogen-bond acceptors (Lipinski definition) is 5. The number of methoxy groups -OCH3 is 1. The monoisotopic (exact) mass is 445 g/mol. The summed E-state index contributed by atoms with van der Waals surface area (Å²) in [6.07, 6.45) is -0.557. The van der Waals surface area contributed by atoms with E-state index < -0.39 is 12.0 Å². The van der Waals surface area contributed by atoms with Gasteiger partial charge in [0, 0.05) is 25.0 Å². The van der Waals surface area contributed by atoms with Gasteiger partial charge in [-0.15, -0.1) is 0 Å². The molecule has 0 unspecified atom stereocenters. The smallest absolute Gasteiger partial charge is 0.267 e. The molecule has 0 fully saturated rings. The Morgan fingerprint density at radius 3 is 2.74 bits per heavy atom. The SMILES string of the molecule is COc1ccc(Cl)cc1NC(=O)CN(C)C(=O)CCN1C(=O)[C@H](C)Oc2ccccc21. The molecule has 1 heterocycles. The zero-order valence-corrected chi connectivity index (χ0v) is 18.3. The summed E-state index contributed by atoms with van der Waals surface area (Å²) in [6.45, 7) is 1.71. The minimum atomic E-state index is -0.624. The molecule has 0 saturated carbocycles. The standard InChI is InChI=1S/C22H24ClN3O5/c1-14-22(29)26(17-6-4-5-7-19(17)31-14)11-10-21(28)25(2)13-20(27)24-16-12-15(23)8-9-18(16)30-3/h4-9,12,14H,10-11,13H2,1-3H3,(H,24,27)/t14-/m0/s1. The van der Waals surface area contributed by atoms with Crippen LogP contribution in [-0.2, 0) is 14.4 Å². The Bertz CT molecular complexity index is 997. The van der Waals surface area contributed by atoms with Gasteiger partial charge in [-0.1, -0.05) is 23.7 Å². The molecule has 0 aromatic heterocycles. The molecule has 0 spiro atoms. The van der Waals surface area contributed by atoms with Crippen molar-refractivity contribution in [2.24, 2.45) is 0 Å². The molecule has 1 aliphatic rings. The summed E-state index contributed by atoms with van der Waals surface area (Å²) in [5.41, 5.74) is 1.05. The molecule has 1 N–H and O–H groups in total. The number of carbonyl (C=O) groups is 3. The maximum absolute atomic E-state index is 12.6. The fourth-order valence-electron chi connectivity index (χ4n) is 3.26. The lowest BCUT2D eigenvalue weighted by Crippen LogP contribution is -2.46. The average molecular weight is 446 g/mol. The number of benzene rings is 2. The van der Waals surface area contributed by atoms with Gasteiger partial charge in [0.05, 0.1) is 25.0 Å². The molecular weight excluding hydrogens is 422 g/mol. The van der Waals surface area contributed by atoms with E-state index in [-0.39, 0.29) is 31.3 Å². The number of halogens is 1. The van der Waals surface area contributed by atoms with Gasteiger partial charge in [-0.25, -0.2) is 0 Å². The summed E-state index contributed by atoms with van der Waals surface area (Å²) in [5.74, 6) is 0.200. The molecule has 0 bridgehead atoms. The van der Waals surface area contributed by atoms with Gasteiger partial charge in [-0.2, -0.15) is 0 Å². The number of anilines is 2. The molecular formula is C22H24ClN3O5. The van der Waals surface area contributed by atoms with Crippen molar-refractivity contribution in [2.45, 2.75) is 19.4 Å². The van der Waals surface area contributed by atoms with Crippen molar-refractivity contribution in [2.75, 3.05) is 37.5 Å². The Labute approximate surface area is 185 Å². The van der Waals surface area contributed by atoms with E-state index in [9.17, 15) is 14.4 Å². The minimum absolute atomic E-state index is 0.0665. The van der Waals surface area contributed by atoms with Crippen LogP contribution in [0.4, 0.5) is 11.4 Å². The van der Waals surface area contributed by atoms with Crippen molar-refractivity contribution in [1.82, 2.24) is 4.90 Å². The van der Waals surface area contributed by atoms with Crippen LogP contribution in [0.1, 0.15) is 13.3 Å². The normalized spacial score (nSPS) is 15.0. The summed E-state index contributed by atoms with van der Waals surface area (Å²) in [7, 11) is 3.02. The Morgan fingerprint density at radius 2 is 2.00 bits per heavy atom. The predicted octanol–water partition coefficient (Wildman–Crippen LogP) is 2.95. The second-order valence-electron chi connectivity index (χ2n) is 7.11. The Hall–Kier alpha value is -3.26. The molecule has 2 aromatic carbocycles. The highest BCUT2D eigenvalue weighted by Gasteiger charge is 2.31. The minimum Gasteiger partial charge on any atom is -0.495 e. The summed E-state index contributed by atoms with van der Waals surface area (Å²) in [5, 5.41) is 3.15. The first kappa shape index (κ1) is 22.4. The largest absolute Gasteiger partial charge is 0.495 e. The van der Waals surface area contributed by atoms with Crippen molar-refractivity contribution in [3.8, 4) is 11.5 Å². The van der Waals surface area contributed by atoms with Crippen molar-refractivity contribution < 1.29 is 23.9 Å². The number of hydrogen-bond donors (Lipinski definition) is 1. The molecule has 1 atom stereocenters. The molecule has 164 valence electrons. The van der Waals surface area contributed by atoms with E-state index in [1.165, 1.54) is 19.1 Å². The van der Waals surface area contributed by atoms with Crippen LogP contribution in [0.3, 0.4) is 0 Å².